The number of nitrogens with one attached hydrogen (secondary N) is 2. The van der Waals surface area contributed by atoms with Gasteiger partial charge in [-0.15, -0.1) is 24.0 Å². The van der Waals surface area contributed by atoms with Gasteiger partial charge in [-0.1, -0.05) is 36.9 Å². The third-order valence-electron chi connectivity index (χ3n) is 3.40. The van der Waals surface area contributed by atoms with Gasteiger partial charge in [0, 0.05) is 44.0 Å². The smallest absolute Gasteiger partial charge is 0.191 e. The maximum atomic E-state index is 5.66. The fourth-order valence-corrected chi connectivity index (χ4v) is 2.19. The van der Waals surface area contributed by atoms with Crippen molar-refractivity contribution in [3.8, 4) is 5.75 Å². The Kier molecular flexibility index (Phi) is 10.3. The molecule has 0 atom stereocenters. The van der Waals surface area contributed by atoms with E-state index in [9.17, 15) is 0 Å². The normalized spacial score (nSPS) is 10.5. The topological polar surface area (TPSA) is 58.5 Å². The lowest BCUT2D eigenvalue weighted by molar-refractivity contribution is 0.358. The summed E-state index contributed by atoms with van der Waals surface area (Å²) in [5.41, 5.74) is 2.13. The van der Waals surface area contributed by atoms with Crippen LogP contribution in [0.5, 0.6) is 5.75 Å². The molecule has 0 bridgehead atoms. The maximum Gasteiger partial charge on any atom is 0.191 e. The van der Waals surface area contributed by atoms with Crippen molar-refractivity contribution in [3.05, 3.63) is 72.6 Å². The number of benzene rings is 1. The first-order valence-electron chi connectivity index (χ1n) is 7.99. The standard InChI is InChI=1S/C19H24N4O.HI/c1-3-14-24-18-10-5-4-8-16(18)15-23-19(20-2)22-13-11-17-9-6-7-12-21-17;/h3-10,12H,1,11,13-15H2,2H3,(H2,20,22,23);1H. The summed E-state index contributed by atoms with van der Waals surface area (Å²) < 4.78 is 5.66. The second-order valence-corrected chi connectivity index (χ2v) is 5.13. The Morgan fingerprint density at radius 1 is 1.20 bits per heavy atom. The first-order chi connectivity index (χ1) is 11.8. The molecule has 2 aromatic rings. The lowest BCUT2D eigenvalue weighted by Gasteiger charge is -2.14. The highest BCUT2D eigenvalue weighted by atomic mass is 127. The third kappa shape index (κ3) is 7.55. The zero-order valence-corrected chi connectivity index (χ0v) is 16.8. The number of aliphatic imine (C=N–C) groups is 1. The lowest BCUT2D eigenvalue weighted by atomic mass is 10.2. The molecule has 0 amide bonds. The largest absolute Gasteiger partial charge is 0.489 e. The van der Waals surface area contributed by atoms with Gasteiger partial charge < -0.3 is 15.4 Å². The highest BCUT2D eigenvalue weighted by molar-refractivity contribution is 14.0. The van der Waals surface area contributed by atoms with Crippen LogP contribution in [0.4, 0.5) is 0 Å². The van der Waals surface area contributed by atoms with Crippen LogP contribution < -0.4 is 15.4 Å². The van der Waals surface area contributed by atoms with Gasteiger partial charge in [-0.3, -0.25) is 9.98 Å². The fraction of sp³-hybridized carbons (Fsp3) is 0.263. The molecule has 6 heteroatoms. The van der Waals surface area contributed by atoms with Gasteiger partial charge in [-0.05, 0) is 18.2 Å². The molecule has 1 heterocycles. The van der Waals surface area contributed by atoms with Gasteiger partial charge in [0.2, 0.25) is 0 Å². The van der Waals surface area contributed by atoms with Crippen LogP contribution in [0.1, 0.15) is 11.3 Å². The van der Waals surface area contributed by atoms with Gasteiger partial charge in [-0.25, -0.2) is 0 Å². The number of nitrogens with zero attached hydrogens (tertiary/aromatic N) is 2. The van der Waals surface area contributed by atoms with E-state index in [-0.39, 0.29) is 24.0 Å². The molecule has 0 aliphatic rings. The minimum absolute atomic E-state index is 0. The van der Waals surface area contributed by atoms with Crippen LogP contribution in [-0.4, -0.2) is 31.1 Å². The molecule has 0 radical (unpaired) electrons. The number of ether oxygens (including phenoxy) is 1. The Hall–Kier alpha value is -2.09. The molecular formula is C19H25IN4O. The maximum absolute atomic E-state index is 5.66. The summed E-state index contributed by atoms with van der Waals surface area (Å²) in [6, 6.07) is 13.9. The Morgan fingerprint density at radius 3 is 2.72 bits per heavy atom. The summed E-state index contributed by atoms with van der Waals surface area (Å²) in [6.07, 6.45) is 4.39. The van der Waals surface area contributed by atoms with E-state index < -0.39 is 0 Å². The molecule has 1 aromatic carbocycles. The molecule has 0 spiro atoms. The predicted molar refractivity (Wildman–Crippen MR) is 114 cm³/mol. The van der Waals surface area contributed by atoms with Crippen molar-refractivity contribution in [1.29, 1.82) is 0 Å². The minimum Gasteiger partial charge on any atom is -0.489 e. The predicted octanol–water partition coefficient (Wildman–Crippen LogP) is 3.17. The minimum atomic E-state index is 0. The number of para-hydroxylation sites is 1. The van der Waals surface area contributed by atoms with Gasteiger partial charge in [0.25, 0.3) is 0 Å². The van der Waals surface area contributed by atoms with E-state index in [0.717, 1.165) is 35.9 Å². The number of hydrogen-bond donors (Lipinski definition) is 2. The van der Waals surface area contributed by atoms with Crippen LogP contribution in [0, 0.1) is 0 Å². The number of aromatic nitrogens is 1. The van der Waals surface area contributed by atoms with Gasteiger partial charge in [-0.2, -0.15) is 0 Å². The third-order valence-corrected chi connectivity index (χ3v) is 3.40. The van der Waals surface area contributed by atoms with Gasteiger partial charge >= 0.3 is 0 Å². The van der Waals surface area contributed by atoms with Crippen LogP contribution in [0.25, 0.3) is 0 Å². The summed E-state index contributed by atoms with van der Waals surface area (Å²) in [5.74, 6) is 1.61. The molecule has 1 aromatic heterocycles. The first kappa shape index (κ1) is 21.0. The van der Waals surface area contributed by atoms with E-state index in [4.69, 9.17) is 4.74 Å². The van der Waals surface area contributed by atoms with Crippen molar-refractivity contribution in [2.75, 3.05) is 20.2 Å². The second kappa shape index (κ2) is 12.3. The zero-order valence-electron chi connectivity index (χ0n) is 14.4. The molecule has 25 heavy (non-hydrogen) atoms. The summed E-state index contributed by atoms with van der Waals surface area (Å²) >= 11 is 0. The Labute approximate surface area is 166 Å². The molecular weight excluding hydrogens is 427 g/mol. The van der Waals surface area contributed by atoms with Crippen LogP contribution >= 0.6 is 24.0 Å². The molecule has 2 rings (SSSR count). The van der Waals surface area contributed by atoms with Crippen molar-refractivity contribution < 1.29 is 4.74 Å². The van der Waals surface area contributed by atoms with E-state index in [1.54, 1.807) is 13.1 Å². The summed E-state index contributed by atoms with van der Waals surface area (Å²) in [5, 5.41) is 6.59. The molecule has 134 valence electrons. The van der Waals surface area contributed by atoms with Crippen molar-refractivity contribution in [1.82, 2.24) is 15.6 Å². The average Bonchev–Trinajstić information content (AvgIpc) is 2.64. The van der Waals surface area contributed by atoms with E-state index in [0.29, 0.717) is 13.2 Å². The molecule has 0 saturated carbocycles. The second-order valence-electron chi connectivity index (χ2n) is 5.13. The van der Waals surface area contributed by atoms with Crippen LogP contribution in [0.3, 0.4) is 0 Å². The zero-order chi connectivity index (χ0) is 17.0. The summed E-state index contributed by atoms with van der Waals surface area (Å²) in [6.45, 7) is 5.58. The Morgan fingerprint density at radius 2 is 2.00 bits per heavy atom. The van der Waals surface area contributed by atoms with Gasteiger partial charge in [0.05, 0.1) is 0 Å². The monoisotopic (exact) mass is 452 g/mol. The molecule has 5 nitrogen and oxygen atoms in total. The quantitative estimate of drug-likeness (QED) is 0.280. The molecule has 0 aliphatic heterocycles. The van der Waals surface area contributed by atoms with Crippen molar-refractivity contribution >= 4 is 29.9 Å². The molecule has 0 saturated heterocycles. The summed E-state index contributed by atoms with van der Waals surface area (Å²) in [4.78, 5) is 8.55. The number of pyridine rings is 1. The van der Waals surface area contributed by atoms with Crippen LogP contribution in [-0.2, 0) is 13.0 Å². The van der Waals surface area contributed by atoms with Crippen molar-refractivity contribution in [3.63, 3.8) is 0 Å². The van der Waals surface area contributed by atoms with Gasteiger partial charge in [0.15, 0.2) is 5.96 Å². The van der Waals surface area contributed by atoms with Crippen LogP contribution in [0.2, 0.25) is 0 Å². The fourth-order valence-electron chi connectivity index (χ4n) is 2.19. The molecule has 0 aliphatic carbocycles. The molecule has 2 N–H and O–H groups in total. The Bertz CT molecular complexity index is 661. The lowest BCUT2D eigenvalue weighted by Crippen LogP contribution is -2.38. The number of halogens is 1. The van der Waals surface area contributed by atoms with Crippen molar-refractivity contribution in [2.45, 2.75) is 13.0 Å². The molecule has 0 fully saturated rings. The SMILES string of the molecule is C=CCOc1ccccc1CNC(=NC)NCCc1ccccn1.I. The summed E-state index contributed by atoms with van der Waals surface area (Å²) in [7, 11) is 1.76. The van der Waals surface area contributed by atoms with Gasteiger partial charge in [0.1, 0.15) is 12.4 Å². The first-order valence-corrected chi connectivity index (χ1v) is 7.99. The molecule has 0 unspecified atom stereocenters. The average molecular weight is 452 g/mol. The van der Waals surface area contributed by atoms with E-state index in [1.165, 1.54) is 0 Å². The van der Waals surface area contributed by atoms with E-state index in [1.807, 2.05) is 48.7 Å². The van der Waals surface area contributed by atoms with E-state index in [2.05, 4.69) is 27.2 Å². The van der Waals surface area contributed by atoms with E-state index >= 15 is 0 Å². The number of guanidine groups is 1. The van der Waals surface area contributed by atoms with Crippen LogP contribution in [0.15, 0.2) is 66.3 Å². The number of hydrogen-bond acceptors (Lipinski definition) is 3. The highest BCUT2D eigenvalue weighted by Gasteiger charge is 2.04. The Balaban J connectivity index is 0.00000312. The number of rotatable bonds is 8. The highest BCUT2D eigenvalue weighted by Crippen LogP contribution is 2.17. The van der Waals surface area contributed by atoms with Crippen molar-refractivity contribution in [2.24, 2.45) is 4.99 Å².